The zero-order valence-electron chi connectivity index (χ0n) is 9.20. The van der Waals surface area contributed by atoms with Gasteiger partial charge in [-0.1, -0.05) is 0 Å². The Bertz CT molecular complexity index is 250. The lowest BCUT2D eigenvalue weighted by molar-refractivity contribution is -0.141. The highest BCUT2D eigenvalue weighted by molar-refractivity contribution is 5.87. The van der Waals surface area contributed by atoms with Crippen LogP contribution in [0.4, 0.5) is 4.79 Å². The van der Waals surface area contributed by atoms with Crippen LogP contribution < -0.4 is 5.32 Å². The molecule has 0 fully saturated rings. The van der Waals surface area contributed by atoms with Crippen molar-refractivity contribution in [3.8, 4) is 0 Å². The van der Waals surface area contributed by atoms with Crippen molar-refractivity contribution in [1.29, 1.82) is 0 Å². The van der Waals surface area contributed by atoms with Crippen LogP contribution in [0.15, 0.2) is 0 Å². The molecular weight excluding hydrogens is 200 g/mol. The van der Waals surface area contributed by atoms with Crippen molar-refractivity contribution in [2.45, 2.75) is 12.8 Å². The minimum atomic E-state index is -0.428. The average molecular weight is 216 g/mol. The van der Waals surface area contributed by atoms with Gasteiger partial charge in [0, 0.05) is 20.5 Å². The van der Waals surface area contributed by atoms with Crippen LogP contribution in [0.25, 0.3) is 0 Å². The number of urea groups is 1. The lowest BCUT2D eigenvalue weighted by Gasteiger charge is -2.10. The molecule has 0 aromatic carbocycles. The summed E-state index contributed by atoms with van der Waals surface area (Å²) in [6, 6.07) is -0.332. The maximum absolute atomic E-state index is 11.1. The van der Waals surface area contributed by atoms with Gasteiger partial charge in [0.15, 0.2) is 5.78 Å². The van der Waals surface area contributed by atoms with Gasteiger partial charge in [-0.05, 0) is 0 Å². The van der Waals surface area contributed by atoms with Crippen molar-refractivity contribution in [3.63, 3.8) is 0 Å². The summed E-state index contributed by atoms with van der Waals surface area (Å²) >= 11 is 0. The number of nitrogens with zero attached hydrogens (tertiary/aromatic N) is 1. The molecule has 0 bridgehead atoms. The van der Waals surface area contributed by atoms with Gasteiger partial charge >= 0.3 is 12.0 Å². The van der Waals surface area contributed by atoms with Crippen LogP contribution in [0.3, 0.4) is 0 Å². The minimum Gasteiger partial charge on any atom is -0.469 e. The first-order chi connectivity index (χ1) is 6.97. The molecule has 2 amide bonds. The van der Waals surface area contributed by atoms with E-state index in [1.807, 2.05) is 0 Å². The molecule has 0 saturated heterocycles. The van der Waals surface area contributed by atoms with Crippen LogP contribution in [0.5, 0.6) is 0 Å². The van der Waals surface area contributed by atoms with Crippen LogP contribution in [-0.2, 0) is 14.3 Å². The van der Waals surface area contributed by atoms with Gasteiger partial charge in [0.25, 0.3) is 0 Å². The molecule has 0 aromatic heterocycles. The summed E-state index contributed by atoms with van der Waals surface area (Å²) in [4.78, 5) is 34.2. The van der Waals surface area contributed by atoms with E-state index >= 15 is 0 Å². The monoisotopic (exact) mass is 216 g/mol. The zero-order valence-corrected chi connectivity index (χ0v) is 9.20. The van der Waals surface area contributed by atoms with E-state index in [-0.39, 0.29) is 31.2 Å². The van der Waals surface area contributed by atoms with Crippen LogP contribution in [-0.4, -0.2) is 50.4 Å². The number of hydrogen-bond donors (Lipinski definition) is 1. The van der Waals surface area contributed by atoms with E-state index in [1.54, 1.807) is 14.1 Å². The zero-order chi connectivity index (χ0) is 11.8. The molecule has 0 atom stereocenters. The number of carbonyl (C=O) groups excluding carboxylic acids is 3. The Hall–Kier alpha value is -1.59. The largest absolute Gasteiger partial charge is 0.469 e. The Morgan fingerprint density at radius 1 is 1.20 bits per heavy atom. The quantitative estimate of drug-likeness (QED) is 0.645. The van der Waals surface area contributed by atoms with Crippen molar-refractivity contribution < 1.29 is 19.1 Å². The van der Waals surface area contributed by atoms with Crippen molar-refractivity contribution in [3.05, 3.63) is 0 Å². The van der Waals surface area contributed by atoms with E-state index in [9.17, 15) is 14.4 Å². The fourth-order valence-electron chi connectivity index (χ4n) is 0.764. The number of ether oxygens (including phenoxy) is 1. The molecule has 15 heavy (non-hydrogen) atoms. The van der Waals surface area contributed by atoms with E-state index in [1.165, 1.54) is 12.0 Å². The van der Waals surface area contributed by atoms with Crippen molar-refractivity contribution in [2.75, 3.05) is 27.7 Å². The molecule has 0 unspecified atom stereocenters. The van der Waals surface area contributed by atoms with Gasteiger partial charge in [-0.25, -0.2) is 4.79 Å². The molecule has 0 aliphatic rings. The molecular formula is C9H16N2O4. The number of nitrogens with one attached hydrogen (secondary N) is 1. The van der Waals surface area contributed by atoms with Crippen molar-refractivity contribution in [1.82, 2.24) is 10.2 Å². The van der Waals surface area contributed by atoms with Gasteiger partial charge in [0.05, 0.1) is 20.1 Å². The Kier molecular flexibility index (Phi) is 6.08. The lowest BCUT2D eigenvalue weighted by atomic mass is 10.2. The highest BCUT2D eigenvalue weighted by Gasteiger charge is 2.09. The van der Waals surface area contributed by atoms with Crippen molar-refractivity contribution >= 4 is 17.8 Å². The summed E-state index contributed by atoms with van der Waals surface area (Å²) in [7, 11) is 4.42. The molecule has 0 aliphatic carbocycles. The number of rotatable bonds is 5. The third-order valence-electron chi connectivity index (χ3n) is 1.68. The third-order valence-corrected chi connectivity index (χ3v) is 1.68. The van der Waals surface area contributed by atoms with Crippen LogP contribution >= 0.6 is 0 Å². The predicted molar refractivity (Wildman–Crippen MR) is 53.3 cm³/mol. The summed E-state index contributed by atoms with van der Waals surface area (Å²) in [5.41, 5.74) is 0. The first-order valence-electron chi connectivity index (χ1n) is 4.51. The second-order valence-electron chi connectivity index (χ2n) is 3.17. The second-order valence-corrected chi connectivity index (χ2v) is 3.17. The molecule has 0 rings (SSSR count). The number of amides is 2. The number of Topliss-reactive ketones (excluding diaryl/α,β-unsaturated/α-hetero) is 1. The minimum absolute atomic E-state index is 0.0488. The predicted octanol–water partition coefficient (Wildman–Crippen LogP) is -0.220. The van der Waals surface area contributed by atoms with Gasteiger partial charge in [-0.3, -0.25) is 9.59 Å². The molecule has 6 nitrogen and oxygen atoms in total. The summed E-state index contributed by atoms with van der Waals surface area (Å²) in [6.45, 7) is -0.0615. The normalized spacial score (nSPS) is 9.27. The van der Waals surface area contributed by atoms with E-state index in [0.29, 0.717) is 0 Å². The van der Waals surface area contributed by atoms with E-state index in [2.05, 4.69) is 10.1 Å². The van der Waals surface area contributed by atoms with E-state index in [0.717, 1.165) is 0 Å². The number of ketones is 1. The highest BCUT2D eigenvalue weighted by Crippen LogP contribution is 1.92. The standard InChI is InChI=1S/C9H16N2O4/c1-11(2)9(14)10-6-7(12)4-5-8(13)15-3/h4-6H2,1-3H3,(H,10,14). The van der Waals surface area contributed by atoms with E-state index < -0.39 is 5.97 Å². The van der Waals surface area contributed by atoms with Crippen LogP contribution in [0.2, 0.25) is 0 Å². The Labute approximate surface area is 88.6 Å². The number of methoxy groups -OCH3 is 1. The molecule has 1 N–H and O–H groups in total. The van der Waals surface area contributed by atoms with E-state index in [4.69, 9.17) is 0 Å². The van der Waals surface area contributed by atoms with Gasteiger partial charge < -0.3 is 15.0 Å². The van der Waals surface area contributed by atoms with Crippen molar-refractivity contribution in [2.24, 2.45) is 0 Å². The van der Waals surface area contributed by atoms with Crippen LogP contribution in [0, 0.1) is 0 Å². The fourth-order valence-corrected chi connectivity index (χ4v) is 0.764. The van der Waals surface area contributed by atoms with Gasteiger partial charge in [0.2, 0.25) is 0 Å². The average Bonchev–Trinajstić information content (AvgIpc) is 2.21. The summed E-state index contributed by atoms with van der Waals surface area (Å²) in [5.74, 6) is -0.627. The Balaban J connectivity index is 3.67. The maximum atomic E-state index is 11.1. The molecule has 0 spiro atoms. The van der Waals surface area contributed by atoms with Gasteiger partial charge in [0.1, 0.15) is 0 Å². The Morgan fingerprint density at radius 2 is 1.80 bits per heavy atom. The molecule has 0 heterocycles. The first-order valence-corrected chi connectivity index (χ1v) is 4.51. The van der Waals surface area contributed by atoms with Gasteiger partial charge in [-0.15, -0.1) is 0 Å². The van der Waals surface area contributed by atoms with Gasteiger partial charge in [-0.2, -0.15) is 0 Å². The molecule has 86 valence electrons. The second kappa shape index (κ2) is 6.80. The summed E-state index contributed by atoms with van der Waals surface area (Å²) < 4.78 is 4.38. The maximum Gasteiger partial charge on any atom is 0.317 e. The number of hydrogen-bond acceptors (Lipinski definition) is 4. The number of carbonyl (C=O) groups is 3. The molecule has 6 heteroatoms. The first kappa shape index (κ1) is 13.4. The molecule has 0 aromatic rings. The summed E-state index contributed by atoms with van der Waals surface area (Å²) in [6.07, 6.45) is 0.132. The Morgan fingerprint density at radius 3 is 2.27 bits per heavy atom. The third kappa shape index (κ3) is 6.48. The smallest absolute Gasteiger partial charge is 0.317 e. The molecule has 0 aliphatic heterocycles. The summed E-state index contributed by atoms with van der Waals surface area (Å²) in [5, 5.41) is 2.41. The van der Waals surface area contributed by atoms with Crippen LogP contribution in [0.1, 0.15) is 12.8 Å². The topological polar surface area (TPSA) is 75.7 Å². The lowest BCUT2D eigenvalue weighted by Crippen LogP contribution is -2.37. The highest BCUT2D eigenvalue weighted by atomic mass is 16.5. The molecule has 0 saturated carbocycles. The molecule has 0 radical (unpaired) electrons. The fraction of sp³-hybridized carbons (Fsp3) is 0.667. The SMILES string of the molecule is COC(=O)CCC(=O)CNC(=O)N(C)C. The number of esters is 1.